The van der Waals surface area contributed by atoms with Gasteiger partial charge in [-0.2, -0.15) is 5.10 Å². The zero-order valence-electron chi connectivity index (χ0n) is 16.3. The topological polar surface area (TPSA) is 61.6 Å². The fourth-order valence-electron chi connectivity index (χ4n) is 3.64. The number of aliphatic hydroxyl groups is 1. The average Bonchev–Trinajstić information content (AvgIpc) is 3.15. The molecule has 6 nitrogen and oxygen atoms in total. The van der Waals surface area contributed by atoms with Crippen LogP contribution in [-0.4, -0.2) is 59.5 Å². The Bertz CT molecular complexity index is 739. The normalized spacial score (nSPS) is 17.1. The summed E-state index contributed by atoms with van der Waals surface area (Å²) in [5.74, 6) is 0.521. The van der Waals surface area contributed by atoms with E-state index in [1.165, 1.54) is 11.3 Å². The zero-order valence-corrected chi connectivity index (χ0v) is 16.3. The molecule has 1 aromatic carbocycles. The number of anilines is 1. The molecule has 2 heterocycles. The van der Waals surface area contributed by atoms with Crippen molar-refractivity contribution < 1.29 is 9.90 Å². The van der Waals surface area contributed by atoms with E-state index in [4.69, 9.17) is 5.11 Å². The SMILES string of the molecule is CN(C)c1ccc(CCC(=O)N2CCCC(c3ccn(CCO)n3)C2)cc1. The number of likely N-dealkylation sites (tertiary alicyclic amines) is 1. The van der Waals surface area contributed by atoms with Gasteiger partial charge in [0.1, 0.15) is 0 Å². The van der Waals surface area contributed by atoms with Gasteiger partial charge in [-0.3, -0.25) is 9.48 Å². The van der Waals surface area contributed by atoms with Crippen LogP contribution in [0, 0.1) is 0 Å². The molecule has 3 rings (SSSR count). The van der Waals surface area contributed by atoms with Crippen LogP contribution >= 0.6 is 0 Å². The Morgan fingerprint density at radius 1 is 1.26 bits per heavy atom. The lowest BCUT2D eigenvalue weighted by atomic mass is 9.94. The van der Waals surface area contributed by atoms with Crippen molar-refractivity contribution in [2.75, 3.05) is 38.7 Å². The highest BCUT2D eigenvalue weighted by molar-refractivity contribution is 5.76. The Hall–Kier alpha value is -2.34. The summed E-state index contributed by atoms with van der Waals surface area (Å²) in [5, 5.41) is 13.6. The second-order valence-electron chi connectivity index (χ2n) is 7.47. The Labute approximate surface area is 161 Å². The van der Waals surface area contributed by atoms with E-state index in [-0.39, 0.29) is 12.5 Å². The number of nitrogens with zero attached hydrogens (tertiary/aromatic N) is 4. The van der Waals surface area contributed by atoms with Crippen LogP contribution in [0.15, 0.2) is 36.5 Å². The van der Waals surface area contributed by atoms with E-state index in [0.717, 1.165) is 38.0 Å². The molecule has 1 amide bonds. The monoisotopic (exact) mass is 370 g/mol. The quantitative estimate of drug-likeness (QED) is 0.812. The highest BCUT2D eigenvalue weighted by atomic mass is 16.3. The van der Waals surface area contributed by atoms with Gasteiger partial charge < -0.3 is 14.9 Å². The second-order valence-corrected chi connectivity index (χ2v) is 7.47. The first-order chi connectivity index (χ1) is 13.1. The van der Waals surface area contributed by atoms with Gasteiger partial charge in [-0.05, 0) is 43.0 Å². The van der Waals surface area contributed by atoms with Crippen molar-refractivity contribution in [3.8, 4) is 0 Å². The van der Waals surface area contributed by atoms with Gasteiger partial charge in [0.2, 0.25) is 5.91 Å². The van der Waals surface area contributed by atoms with Crippen molar-refractivity contribution >= 4 is 11.6 Å². The number of piperidine rings is 1. The minimum absolute atomic E-state index is 0.0892. The number of aryl methyl sites for hydroxylation is 1. The lowest BCUT2D eigenvalue weighted by molar-refractivity contribution is -0.132. The second kappa shape index (κ2) is 9.04. The molecule has 6 heteroatoms. The molecule has 1 atom stereocenters. The first-order valence-corrected chi connectivity index (χ1v) is 9.75. The number of hydrogen-bond acceptors (Lipinski definition) is 4. The van der Waals surface area contributed by atoms with E-state index < -0.39 is 0 Å². The summed E-state index contributed by atoms with van der Waals surface area (Å²) in [6, 6.07) is 10.4. The van der Waals surface area contributed by atoms with Gasteiger partial charge in [0.15, 0.2) is 0 Å². The van der Waals surface area contributed by atoms with Crippen LogP contribution in [0.3, 0.4) is 0 Å². The molecule has 1 N–H and O–H groups in total. The van der Waals surface area contributed by atoms with Gasteiger partial charge in [-0.1, -0.05) is 12.1 Å². The molecule has 146 valence electrons. The van der Waals surface area contributed by atoms with E-state index in [1.807, 2.05) is 31.3 Å². The van der Waals surface area contributed by atoms with Gasteiger partial charge in [0.25, 0.3) is 0 Å². The summed E-state index contributed by atoms with van der Waals surface area (Å²) in [7, 11) is 4.05. The van der Waals surface area contributed by atoms with Crippen LogP contribution in [0.1, 0.15) is 36.4 Å². The number of amides is 1. The van der Waals surface area contributed by atoms with Gasteiger partial charge >= 0.3 is 0 Å². The minimum atomic E-state index is 0.0892. The fraction of sp³-hybridized carbons (Fsp3) is 0.524. The van der Waals surface area contributed by atoms with Gasteiger partial charge in [0, 0.05) is 51.4 Å². The van der Waals surface area contributed by atoms with Crippen molar-refractivity contribution in [2.45, 2.75) is 38.1 Å². The number of carbonyl (C=O) groups is 1. The molecule has 0 radical (unpaired) electrons. The zero-order chi connectivity index (χ0) is 19.2. The lowest BCUT2D eigenvalue weighted by Crippen LogP contribution is -2.39. The Morgan fingerprint density at radius 3 is 2.74 bits per heavy atom. The van der Waals surface area contributed by atoms with Gasteiger partial charge in [0.05, 0.1) is 18.8 Å². The molecule has 27 heavy (non-hydrogen) atoms. The Morgan fingerprint density at radius 2 is 2.04 bits per heavy atom. The standard InChI is InChI=1S/C21H30N4O2/c1-23(2)19-8-5-17(6-9-19)7-10-21(27)24-12-3-4-18(16-24)20-11-13-25(22-20)14-15-26/h5-6,8-9,11,13,18,26H,3-4,7,10,12,14-16H2,1-2H3. The van der Waals surface area contributed by atoms with Crippen LogP contribution < -0.4 is 4.90 Å². The van der Waals surface area contributed by atoms with Crippen molar-refractivity contribution in [1.82, 2.24) is 14.7 Å². The first kappa shape index (κ1) is 19.4. The Balaban J connectivity index is 1.53. The summed E-state index contributed by atoms with van der Waals surface area (Å²) in [4.78, 5) is 16.8. The molecule has 0 saturated carbocycles. The van der Waals surface area contributed by atoms with E-state index in [9.17, 15) is 4.79 Å². The largest absolute Gasteiger partial charge is 0.394 e. The number of benzene rings is 1. The third-order valence-corrected chi connectivity index (χ3v) is 5.26. The summed E-state index contributed by atoms with van der Waals surface area (Å²) in [5.41, 5.74) is 3.40. The molecule has 1 unspecified atom stereocenters. The van der Waals surface area contributed by atoms with E-state index in [2.05, 4.69) is 34.3 Å². The third kappa shape index (κ3) is 5.10. The predicted molar refractivity (Wildman–Crippen MR) is 107 cm³/mol. The van der Waals surface area contributed by atoms with E-state index >= 15 is 0 Å². The van der Waals surface area contributed by atoms with Crippen LogP contribution in [0.2, 0.25) is 0 Å². The molecule has 0 spiro atoms. The molecule has 0 aliphatic carbocycles. The maximum Gasteiger partial charge on any atom is 0.222 e. The molecule has 1 fully saturated rings. The maximum absolute atomic E-state index is 12.7. The van der Waals surface area contributed by atoms with Crippen LogP contribution in [0.4, 0.5) is 5.69 Å². The smallest absolute Gasteiger partial charge is 0.222 e. The van der Waals surface area contributed by atoms with Crippen LogP contribution in [0.5, 0.6) is 0 Å². The summed E-state index contributed by atoms with van der Waals surface area (Å²) >= 11 is 0. The van der Waals surface area contributed by atoms with Crippen molar-refractivity contribution in [2.24, 2.45) is 0 Å². The molecule has 1 aliphatic rings. The number of aliphatic hydroxyl groups excluding tert-OH is 1. The van der Waals surface area contributed by atoms with Crippen molar-refractivity contribution in [3.63, 3.8) is 0 Å². The van der Waals surface area contributed by atoms with Crippen molar-refractivity contribution in [3.05, 3.63) is 47.8 Å². The molecular weight excluding hydrogens is 340 g/mol. The molecule has 0 bridgehead atoms. The van der Waals surface area contributed by atoms with Crippen LogP contribution in [-0.2, 0) is 17.8 Å². The van der Waals surface area contributed by atoms with Gasteiger partial charge in [-0.25, -0.2) is 0 Å². The third-order valence-electron chi connectivity index (χ3n) is 5.26. The summed E-state index contributed by atoms with van der Waals surface area (Å²) in [6.45, 7) is 2.19. The summed E-state index contributed by atoms with van der Waals surface area (Å²) < 4.78 is 1.77. The van der Waals surface area contributed by atoms with Crippen LogP contribution in [0.25, 0.3) is 0 Å². The molecule has 2 aromatic rings. The van der Waals surface area contributed by atoms with Crippen molar-refractivity contribution in [1.29, 1.82) is 0 Å². The summed E-state index contributed by atoms with van der Waals surface area (Å²) in [6.07, 6.45) is 5.31. The molecular formula is C21H30N4O2. The first-order valence-electron chi connectivity index (χ1n) is 9.75. The van der Waals surface area contributed by atoms with Gasteiger partial charge in [-0.15, -0.1) is 0 Å². The fourth-order valence-corrected chi connectivity index (χ4v) is 3.64. The number of aromatic nitrogens is 2. The highest BCUT2D eigenvalue weighted by Gasteiger charge is 2.26. The maximum atomic E-state index is 12.7. The highest BCUT2D eigenvalue weighted by Crippen LogP contribution is 2.26. The average molecular weight is 370 g/mol. The number of hydrogen-bond donors (Lipinski definition) is 1. The molecule has 1 aliphatic heterocycles. The molecule has 1 saturated heterocycles. The van der Waals surface area contributed by atoms with E-state index in [0.29, 0.717) is 18.9 Å². The predicted octanol–water partition coefficient (Wildman–Crippen LogP) is 2.28. The number of carbonyl (C=O) groups excluding carboxylic acids is 1. The Kier molecular flexibility index (Phi) is 6.50. The lowest BCUT2D eigenvalue weighted by Gasteiger charge is -2.32. The molecule has 1 aromatic heterocycles. The number of rotatable bonds is 7. The minimum Gasteiger partial charge on any atom is -0.394 e. The van der Waals surface area contributed by atoms with E-state index in [1.54, 1.807) is 4.68 Å².